The van der Waals surface area contributed by atoms with Crippen molar-refractivity contribution in [1.82, 2.24) is 5.16 Å². The number of thioether (sulfide) groups is 1. The molecule has 0 saturated heterocycles. The van der Waals surface area contributed by atoms with Crippen LogP contribution in [0.5, 0.6) is 0 Å². The fraction of sp³-hybridized carbons (Fsp3) is 0.267. The van der Waals surface area contributed by atoms with Gasteiger partial charge in [0.2, 0.25) is 0 Å². The van der Waals surface area contributed by atoms with Crippen LogP contribution in [-0.2, 0) is 21.7 Å². The zero-order valence-corrected chi connectivity index (χ0v) is 21.5. The van der Waals surface area contributed by atoms with Crippen LogP contribution < -0.4 is 0 Å². The fourth-order valence-corrected chi connectivity index (χ4v) is 5.02. The second-order valence-electron chi connectivity index (χ2n) is 8.61. The maximum atomic E-state index is 11.6. The molecular formula is C30H31NO4S. The molecule has 0 radical (unpaired) electrons. The molecule has 0 fully saturated rings. The van der Waals surface area contributed by atoms with Crippen LogP contribution in [0.3, 0.4) is 0 Å². The van der Waals surface area contributed by atoms with Crippen LogP contribution >= 0.6 is 11.8 Å². The molecule has 0 aliphatic carbocycles. The summed E-state index contributed by atoms with van der Waals surface area (Å²) in [5.41, 5.74) is 6.84. The Morgan fingerprint density at radius 2 is 1.58 bits per heavy atom. The van der Waals surface area contributed by atoms with Gasteiger partial charge in [-0.15, -0.1) is 0 Å². The minimum Gasteiger partial charge on any atom is -0.466 e. The number of nitrogens with zero attached hydrogens (tertiary/aromatic N) is 1. The van der Waals surface area contributed by atoms with E-state index >= 15 is 0 Å². The van der Waals surface area contributed by atoms with Crippen molar-refractivity contribution in [3.8, 4) is 22.5 Å². The molecule has 0 aliphatic rings. The van der Waals surface area contributed by atoms with Crippen molar-refractivity contribution in [1.29, 1.82) is 0 Å². The van der Waals surface area contributed by atoms with Gasteiger partial charge in [0, 0.05) is 23.5 Å². The Balaban J connectivity index is 1.40. The maximum Gasteiger partial charge on any atom is 0.306 e. The topological polar surface area (TPSA) is 72.6 Å². The maximum absolute atomic E-state index is 11.6. The quantitative estimate of drug-likeness (QED) is 0.228. The number of rotatable bonds is 11. The number of aliphatic hydroxyl groups excluding tert-OH is 1. The molecule has 0 saturated carbocycles. The minimum atomic E-state index is -0.665. The van der Waals surface area contributed by atoms with Gasteiger partial charge in [-0.1, -0.05) is 84.0 Å². The summed E-state index contributed by atoms with van der Waals surface area (Å²) in [4.78, 5) is 11.6. The molecule has 0 aliphatic heterocycles. The van der Waals surface area contributed by atoms with Crippen LogP contribution in [0.4, 0.5) is 0 Å². The molecule has 4 rings (SSSR count). The van der Waals surface area contributed by atoms with Gasteiger partial charge in [-0.25, -0.2) is 0 Å². The molecule has 1 atom stereocenters. The highest BCUT2D eigenvalue weighted by atomic mass is 32.2. The Morgan fingerprint density at radius 3 is 2.25 bits per heavy atom. The van der Waals surface area contributed by atoms with E-state index in [0.29, 0.717) is 36.7 Å². The number of esters is 1. The van der Waals surface area contributed by atoms with Gasteiger partial charge in [0.1, 0.15) is 0 Å². The lowest BCUT2D eigenvalue weighted by molar-refractivity contribution is -0.143. The average Bonchev–Trinajstić information content (AvgIpc) is 3.30. The normalized spacial score (nSPS) is 11.9. The van der Waals surface area contributed by atoms with Gasteiger partial charge in [0.25, 0.3) is 0 Å². The average molecular weight is 502 g/mol. The number of aromatic nitrogens is 1. The zero-order chi connectivity index (χ0) is 25.3. The van der Waals surface area contributed by atoms with Crippen molar-refractivity contribution in [2.45, 2.75) is 38.5 Å². The first-order valence-electron chi connectivity index (χ1n) is 12.2. The SMILES string of the molecule is CCOC(=O)CCc1ccc(-c2ccc(-c3onc(C)c3[C@H](O)CSCc3ccccc3)cc2)cc1. The lowest BCUT2D eigenvalue weighted by Gasteiger charge is -2.12. The van der Waals surface area contributed by atoms with Crippen molar-refractivity contribution in [3.05, 3.63) is 101 Å². The number of ether oxygens (including phenoxy) is 1. The van der Waals surface area contributed by atoms with E-state index in [0.717, 1.165) is 33.6 Å². The van der Waals surface area contributed by atoms with E-state index in [1.54, 1.807) is 11.8 Å². The summed E-state index contributed by atoms with van der Waals surface area (Å²) in [6, 6.07) is 26.5. The molecule has 5 nitrogen and oxygen atoms in total. The highest BCUT2D eigenvalue weighted by molar-refractivity contribution is 7.98. The van der Waals surface area contributed by atoms with Gasteiger partial charge in [-0.2, -0.15) is 11.8 Å². The summed E-state index contributed by atoms with van der Waals surface area (Å²) in [7, 11) is 0. The first-order chi connectivity index (χ1) is 17.5. The van der Waals surface area contributed by atoms with Crippen molar-refractivity contribution >= 4 is 17.7 Å². The lowest BCUT2D eigenvalue weighted by atomic mass is 9.98. The van der Waals surface area contributed by atoms with Crippen LogP contribution in [0.1, 0.15) is 41.8 Å². The third-order valence-corrected chi connectivity index (χ3v) is 7.08. The first kappa shape index (κ1) is 25.7. The van der Waals surface area contributed by atoms with Crippen molar-refractivity contribution in [3.63, 3.8) is 0 Å². The Hall–Kier alpha value is -3.35. The van der Waals surface area contributed by atoms with Gasteiger partial charge in [-0.3, -0.25) is 4.79 Å². The standard InChI is InChI=1S/C30H31NO4S/c1-3-34-28(33)18-11-22-9-12-24(13-10-22)25-14-16-26(17-15-25)30-29(21(2)31-35-30)27(32)20-36-19-23-7-5-4-6-8-23/h4-10,12-17,27,32H,3,11,18-20H2,1-2H3/t27-/m1/s1. The van der Waals surface area contributed by atoms with Gasteiger partial charge in [0.05, 0.1) is 24.0 Å². The van der Waals surface area contributed by atoms with E-state index in [1.165, 1.54) is 5.56 Å². The minimum absolute atomic E-state index is 0.168. The Bertz CT molecular complexity index is 1250. The molecule has 6 heteroatoms. The summed E-state index contributed by atoms with van der Waals surface area (Å²) >= 11 is 1.69. The van der Waals surface area contributed by atoms with Gasteiger partial charge in [0.15, 0.2) is 5.76 Å². The van der Waals surface area contributed by atoms with Crippen LogP contribution in [0.25, 0.3) is 22.5 Å². The molecule has 0 unspecified atom stereocenters. The molecule has 3 aromatic carbocycles. The van der Waals surface area contributed by atoms with Gasteiger partial charge >= 0.3 is 5.97 Å². The Kier molecular flexibility index (Phi) is 8.98. The van der Waals surface area contributed by atoms with E-state index in [2.05, 4.69) is 29.4 Å². The van der Waals surface area contributed by atoms with Crippen molar-refractivity contribution in [2.24, 2.45) is 0 Å². The monoisotopic (exact) mass is 501 g/mol. The number of aryl methyl sites for hydroxylation is 2. The summed E-state index contributed by atoms with van der Waals surface area (Å²) in [6.45, 7) is 4.09. The molecule has 0 spiro atoms. The molecule has 1 heterocycles. The first-order valence-corrected chi connectivity index (χ1v) is 13.3. The molecule has 4 aromatic rings. The van der Waals surface area contributed by atoms with E-state index in [9.17, 15) is 9.90 Å². The van der Waals surface area contributed by atoms with Crippen molar-refractivity contribution in [2.75, 3.05) is 12.4 Å². The molecule has 36 heavy (non-hydrogen) atoms. The van der Waals surface area contributed by atoms with E-state index in [4.69, 9.17) is 9.26 Å². The number of hydrogen-bond acceptors (Lipinski definition) is 6. The van der Waals surface area contributed by atoms with E-state index in [1.807, 2.05) is 68.4 Å². The van der Waals surface area contributed by atoms with Crippen LogP contribution in [0.15, 0.2) is 83.4 Å². The molecule has 1 aromatic heterocycles. The lowest BCUT2D eigenvalue weighted by Crippen LogP contribution is -2.05. The van der Waals surface area contributed by atoms with Gasteiger partial charge < -0.3 is 14.4 Å². The predicted octanol–water partition coefficient (Wildman–Crippen LogP) is 6.78. The summed E-state index contributed by atoms with van der Waals surface area (Å²) in [6.07, 6.45) is 0.386. The highest BCUT2D eigenvalue weighted by Gasteiger charge is 2.22. The second kappa shape index (κ2) is 12.6. The molecule has 186 valence electrons. The third kappa shape index (κ3) is 6.65. The molecular weight excluding hydrogens is 470 g/mol. The van der Waals surface area contributed by atoms with Crippen LogP contribution in [0.2, 0.25) is 0 Å². The number of hydrogen-bond donors (Lipinski definition) is 1. The molecule has 0 amide bonds. The Labute approximate surface area is 216 Å². The summed E-state index contributed by atoms with van der Waals surface area (Å²) in [5, 5.41) is 15.1. The predicted molar refractivity (Wildman–Crippen MR) is 145 cm³/mol. The largest absolute Gasteiger partial charge is 0.466 e. The Morgan fingerprint density at radius 1 is 0.944 bits per heavy atom. The van der Waals surface area contributed by atoms with Crippen molar-refractivity contribution < 1.29 is 19.2 Å². The highest BCUT2D eigenvalue weighted by Crippen LogP contribution is 2.34. The van der Waals surface area contributed by atoms with Crippen LogP contribution in [-0.4, -0.2) is 28.6 Å². The third-order valence-electron chi connectivity index (χ3n) is 5.99. The van der Waals surface area contributed by atoms with E-state index < -0.39 is 6.10 Å². The number of aliphatic hydroxyl groups is 1. The summed E-state index contributed by atoms with van der Waals surface area (Å²) in [5.74, 6) is 1.85. The fourth-order valence-electron chi connectivity index (χ4n) is 4.08. The number of carbonyl (C=O) groups is 1. The van der Waals surface area contributed by atoms with Gasteiger partial charge in [-0.05, 0) is 42.5 Å². The van der Waals surface area contributed by atoms with E-state index in [-0.39, 0.29) is 5.97 Å². The molecule has 1 N–H and O–H groups in total. The van der Waals surface area contributed by atoms with Crippen LogP contribution in [0, 0.1) is 6.92 Å². The second-order valence-corrected chi connectivity index (χ2v) is 9.64. The number of carbonyl (C=O) groups excluding carboxylic acids is 1. The number of benzene rings is 3. The summed E-state index contributed by atoms with van der Waals surface area (Å²) < 4.78 is 10.6. The molecule has 0 bridgehead atoms. The zero-order valence-electron chi connectivity index (χ0n) is 20.6. The smallest absolute Gasteiger partial charge is 0.306 e.